The summed E-state index contributed by atoms with van der Waals surface area (Å²) in [6.07, 6.45) is 2.42. The number of rotatable bonds is 3. The number of benzene rings is 2. The Labute approximate surface area is 141 Å². The molecular weight excluding hydrogens is 306 g/mol. The number of hydrogen-bond acceptors (Lipinski definition) is 2. The number of nitrogens with one attached hydrogen (secondary N) is 1. The Balaban J connectivity index is 1.49. The molecule has 0 saturated carbocycles. The van der Waals surface area contributed by atoms with E-state index in [2.05, 4.69) is 40.2 Å². The molecule has 1 aliphatic heterocycles. The van der Waals surface area contributed by atoms with E-state index >= 15 is 0 Å². The molecule has 0 bridgehead atoms. The molecule has 4 heteroatoms. The van der Waals surface area contributed by atoms with Crippen LogP contribution in [-0.4, -0.2) is 28.0 Å². The minimum Gasteiger partial charge on any atom is -0.342 e. The lowest BCUT2D eigenvalue weighted by Gasteiger charge is -2.31. The molecule has 1 aliphatic rings. The molecule has 1 fully saturated rings. The van der Waals surface area contributed by atoms with E-state index in [0.717, 1.165) is 41.5 Å². The highest BCUT2D eigenvalue weighted by Crippen LogP contribution is 2.27. The van der Waals surface area contributed by atoms with Crippen LogP contribution < -0.4 is 0 Å². The molecule has 23 heavy (non-hydrogen) atoms. The summed E-state index contributed by atoms with van der Waals surface area (Å²) >= 11 is 5.97. The highest BCUT2D eigenvalue weighted by atomic mass is 35.5. The molecule has 2 aromatic carbocycles. The maximum absolute atomic E-state index is 5.97. The third-order valence-electron chi connectivity index (χ3n) is 4.62. The van der Waals surface area contributed by atoms with Gasteiger partial charge in [-0.3, -0.25) is 4.90 Å². The Morgan fingerprint density at radius 1 is 1.13 bits per heavy atom. The summed E-state index contributed by atoms with van der Waals surface area (Å²) in [7, 11) is 0. The van der Waals surface area contributed by atoms with Crippen molar-refractivity contribution in [1.82, 2.24) is 14.9 Å². The van der Waals surface area contributed by atoms with E-state index in [9.17, 15) is 0 Å². The Morgan fingerprint density at radius 2 is 1.96 bits per heavy atom. The summed E-state index contributed by atoms with van der Waals surface area (Å²) < 4.78 is 0. The second-order valence-corrected chi connectivity index (χ2v) is 6.78. The molecule has 1 aromatic heterocycles. The summed E-state index contributed by atoms with van der Waals surface area (Å²) in [5, 5.41) is 0.799. The van der Waals surface area contributed by atoms with Crippen molar-refractivity contribution in [3.8, 4) is 0 Å². The van der Waals surface area contributed by atoms with Crippen molar-refractivity contribution in [3.63, 3.8) is 0 Å². The lowest BCUT2D eigenvalue weighted by molar-refractivity contribution is 0.197. The molecule has 3 nitrogen and oxygen atoms in total. The highest BCUT2D eigenvalue weighted by Gasteiger charge is 2.23. The van der Waals surface area contributed by atoms with Gasteiger partial charge in [-0.25, -0.2) is 4.98 Å². The molecule has 1 N–H and O–H groups in total. The molecule has 0 amide bonds. The van der Waals surface area contributed by atoms with Crippen LogP contribution in [0, 0.1) is 0 Å². The number of halogens is 1. The van der Waals surface area contributed by atoms with Crippen LogP contribution >= 0.6 is 11.6 Å². The van der Waals surface area contributed by atoms with E-state index in [1.807, 2.05) is 18.2 Å². The first kappa shape index (κ1) is 14.7. The third-order valence-corrected chi connectivity index (χ3v) is 4.87. The van der Waals surface area contributed by atoms with Gasteiger partial charge < -0.3 is 4.98 Å². The number of piperidine rings is 1. The molecule has 4 rings (SSSR count). The maximum atomic E-state index is 5.97. The van der Waals surface area contributed by atoms with E-state index in [1.165, 1.54) is 18.4 Å². The summed E-state index contributed by atoms with van der Waals surface area (Å²) in [4.78, 5) is 10.8. The molecule has 118 valence electrons. The van der Waals surface area contributed by atoms with E-state index in [4.69, 9.17) is 16.6 Å². The number of fused-ring (bicyclic) bond motifs is 1. The molecule has 0 spiro atoms. The van der Waals surface area contributed by atoms with Crippen molar-refractivity contribution < 1.29 is 0 Å². The van der Waals surface area contributed by atoms with Crippen LogP contribution in [-0.2, 0) is 6.54 Å². The molecule has 0 unspecified atom stereocenters. The Kier molecular flexibility index (Phi) is 4.06. The van der Waals surface area contributed by atoms with Crippen molar-refractivity contribution in [2.75, 3.05) is 13.1 Å². The molecule has 2 heterocycles. The van der Waals surface area contributed by atoms with Gasteiger partial charge in [0.05, 0.1) is 11.0 Å². The maximum Gasteiger partial charge on any atom is 0.111 e. The monoisotopic (exact) mass is 325 g/mol. The zero-order valence-corrected chi connectivity index (χ0v) is 13.8. The van der Waals surface area contributed by atoms with Crippen LogP contribution in [0.1, 0.15) is 30.1 Å². The number of hydrogen-bond donors (Lipinski definition) is 1. The van der Waals surface area contributed by atoms with Gasteiger partial charge >= 0.3 is 0 Å². The Hall–Kier alpha value is -1.84. The van der Waals surface area contributed by atoms with Gasteiger partial charge in [-0.05, 0) is 49.2 Å². The molecule has 0 aliphatic carbocycles. The summed E-state index contributed by atoms with van der Waals surface area (Å²) in [6, 6.07) is 16.4. The minimum absolute atomic E-state index is 0.489. The van der Waals surface area contributed by atoms with Gasteiger partial charge in [0.1, 0.15) is 5.82 Å². The average molecular weight is 326 g/mol. The lowest BCUT2D eigenvalue weighted by atomic mass is 9.97. The van der Waals surface area contributed by atoms with Crippen LogP contribution in [0.3, 0.4) is 0 Å². The quantitative estimate of drug-likeness (QED) is 0.763. The number of para-hydroxylation sites is 2. The molecule has 1 atom stereocenters. The van der Waals surface area contributed by atoms with Crippen LogP contribution in [0.15, 0.2) is 48.5 Å². The Morgan fingerprint density at radius 3 is 2.78 bits per heavy atom. The van der Waals surface area contributed by atoms with Crippen LogP contribution in [0.4, 0.5) is 0 Å². The first-order valence-electron chi connectivity index (χ1n) is 8.19. The zero-order valence-electron chi connectivity index (χ0n) is 13.0. The summed E-state index contributed by atoms with van der Waals surface area (Å²) in [5.74, 6) is 1.62. The van der Waals surface area contributed by atoms with Gasteiger partial charge in [0, 0.05) is 24.0 Å². The average Bonchev–Trinajstić information content (AvgIpc) is 3.01. The second kappa shape index (κ2) is 6.34. The normalized spacial score (nSPS) is 19.3. The first-order chi connectivity index (χ1) is 11.3. The van der Waals surface area contributed by atoms with Gasteiger partial charge in [-0.15, -0.1) is 0 Å². The van der Waals surface area contributed by atoms with E-state index < -0.39 is 0 Å². The SMILES string of the molecule is Clc1ccc(CN2CCC[C@H](c3nc4ccccc4[nH]3)C2)cc1. The molecular formula is C19H20ClN3. The number of imidazole rings is 1. The van der Waals surface area contributed by atoms with Crippen LogP contribution in [0.2, 0.25) is 5.02 Å². The number of H-pyrrole nitrogens is 1. The van der Waals surface area contributed by atoms with Crippen molar-refractivity contribution in [2.45, 2.75) is 25.3 Å². The number of likely N-dealkylation sites (tertiary alicyclic amines) is 1. The predicted octanol–water partition coefficient (Wildman–Crippen LogP) is 4.60. The number of aromatic amines is 1. The van der Waals surface area contributed by atoms with E-state index in [0.29, 0.717) is 5.92 Å². The zero-order chi connectivity index (χ0) is 15.6. The summed E-state index contributed by atoms with van der Waals surface area (Å²) in [6.45, 7) is 3.19. The van der Waals surface area contributed by atoms with Gasteiger partial charge in [0.2, 0.25) is 0 Å². The number of aromatic nitrogens is 2. The van der Waals surface area contributed by atoms with Gasteiger partial charge in [-0.1, -0.05) is 35.9 Å². The molecule has 0 radical (unpaired) electrons. The highest BCUT2D eigenvalue weighted by molar-refractivity contribution is 6.30. The van der Waals surface area contributed by atoms with E-state index in [1.54, 1.807) is 0 Å². The van der Waals surface area contributed by atoms with Crippen molar-refractivity contribution >= 4 is 22.6 Å². The fourth-order valence-corrected chi connectivity index (χ4v) is 3.56. The largest absolute Gasteiger partial charge is 0.342 e. The Bertz CT molecular complexity index is 761. The smallest absolute Gasteiger partial charge is 0.111 e. The van der Waals surface area contributed by atoms with Crippen molar-refractivity contribution in [1.29, 1.82) is 0 Å². The molecule has 1 saturated heterocycles. The third kappa shape index (κ3) is 3.26. The van der Waals surface area contributed by atoms with Gasteiger partial charge in [0.25, 0.3) is 0 Å². The topological polar surface area (TPSA) is 31.9 Å². The van der Waals surface area contributed by atoms with Gasteiger partial charge in [0.15, 0.2) is 0 Å². The van der Waals surface area contributed by atoms with Crippen LogP contribution in [0.25, 0.3) is 11.0 Å². The van der Waals surface area contributed by atoms with E-state index in [-0.39, 0.29) is 0 Å². The first-order valence-corrected chi connectivity index (χ1v) is 8.57. The summed E-state index contributed by atoms with van der Waals surface area (Å²) in [5.41, 5.74) is 3.52. The van der Waals surface area contributed by atoms with Gasteiger partial charge in [-0.2, -0.15) is 0 Å². The fraction of sp³-hybridized carbons (Fsp3) is 0.316. The lowest BCUT2D eigenvalue weighted by Crippen LogP contribution is -2.34. The van der Waals surface area contributed by atoms with Crippen molar-refractivity contribution in [3.05, 3.63) is 64.9 Å². The second-order valence-electron chi connectivity index (χ2n) is 6.34. The van der Waals surface area contributed by atoms with Crippen molar-refractivity contribution in [2.24, 2.45) is 0 Å². The fourth-order valence-electron chi connectivity index (χ4n) is 3.44. The van der Waals surface area contributed by atoms with Crippen LogP contribution in [0.5, 0.6) is 0 Å². The predicted molar refractivity (Wildman–Crippen MR) is 94.8 cm³/mol. The minimum atomic E-state index is 0.489. The number of nitrogens with zero attached hydrogens (tertiary/aromatic N) is 2. The molecule has 3 aromatic rings. The standard InChI is InChI=1S/C19H20ClN3/c20-16-9-7-14(8-10-16)12-23-11-3-4-15(13-23)19-21-17-5-1-2-6-18(17)22-19/h1-2,5-10,15H,3-4,11-13H2,(H,21,22)/t15-/m0/s1.